The molecule has 0 amide bonds. The molecule has 0 radical (unpaired) electrons. The Morgan fingerprint density at radius 3 is 1.69 bits per heavy atom. The zero-order valence-corrected chi connectivity index (χ0v) is 39.9. The summed E-state index contributed by atoms with van der Waals surface area (Å²) in [7, 11) is 2.27. The SMILES string of the molecule is CCN(c1cc(-c2ccc(CN3CCC(O)CC3)c(F)c2)cc(C(=O)OC)c1C)C1CCOCC1.CCN(c1cc(B2OC(C)(C)C(C)(C)O2)cc(C(=O)OC)c1C)C1CCOCC1. The molecule has 12 nitrogen and oxygen atoms in total. The molecule has 4 heterocycles. The van der Waals surface area contributed by atoms with Gasteiger partial charge in [0, 0.05) is 88.2 Å². The number of benzene rings is 3. The highest BCUT2D eigenvalue weighted by atomic mass is 19.1. The number of likely N-dealkylation sites (tertiary alicyclic amines) is 1. The summed E-state index contributed by atoms with van der Waals surface area (Å²) in [6.45, 7) is 23.0. The van der Waals surface area contributed by atoms with E-state index in [9.17, 15) is 14.7 Å². The lowest BCUT2D eigenvalue weighted by Crippen LogP contribution is -2.42. The van der Waals surface area contributed by atoms with Crippen molar-refractivity contribution in [1.82, 2.24) is 4.90 Å². The van der Waals surface area contributed by atoms with E-state index in [-0.39, 0.29) is 17.9 Å². The lowest BCUT2D eigenvalue weighted by molar-refractivity contribution is 0.00578. The van der Waals surface area contributed by atoms with Crippen molar-refractivity contribution < 1.29 is 47.3 Å². The number of anilines is 2. The molecule has 14 heteroatoms. The average Bonchev–Trinajstić information content (AvgIpc) is 3.52. The predicted molar refractivity (Wildman–Crippen MR) is 250 cm³/mol. The van der Waals surface area contributed by atoms with Gasteiger partial charge in [-0.3, -0.25) is 4.90 Å². The van der Waals surface area contributed by atoms with Crippen LogP contribution in [0, 0.1) is 19.7 Å². The Bertz CT molecular complexity index is 2060. The summed E-state index contributed by atoms with van der Waals surface area (Å²) >= 11 is 0. The monoisotopic (exact) mass is 888 g/mol. The van der Waals surface area contributed by atoms with E-state index in [1.165, 1.54) is 14.2 Å². The number of rotatable bonds is 12. The molecule has 350 valence electrons. The zero-order chi connectivity index (χ0) is 46.3. The second-order valence-corrected chi connectivity index (χ2v) is 18.5. The van der Waals surface area contributed by atoms with Gasteiger partial charge in [-0.1, -0.05) is 12.1 Å². The van der Waals surface area contributed by atoms with Crippen molar-refractivity contribution in [2.75, 3.05) is 76.6 Å². The van der Waals surface area contributed by atoms with Gasteiger partial charge in [-0.2, -0.15) is 0 Å². The Kier molecular flexibility index (Phi) is 16.6. The summed E-state index contributed by atoms with van der Waals surface area (Å²) in [5, 5.41) is 9.73. The van der Waals surface area contributed by atoms with E-state index in [0.717, 1.165) is 130 Å². The fourth-order valence-electron chi connectivity index (χ4n) is 9.36. The van der Waals surface area contributed by atoms with Crippen LogP contribution in [0.5, 0.6) is 0 Å². The van der Waals surface area contributed by atoms with Gasteiger partial charge in [0.25, 0.3) is 0 Å². The molecular formula is C50H71BFN3O9. The Morgan fingerprint density at radius 2 is 1.22 bits per heavy atom. The molecule has 1 N–H and O–H groups in total. The zero-order valence-electron chi connectivity index (χ0n) is 39.9. The van der Waals surface area contributed by atoms with Crippen LogP contribution in [0.1, 0.15) is 117 Å². The highest BCUT2D eigenvalue weighted by Gasteiger charge is 2.52. The first-order chi connectivity index (χ1) is 30.5. The second-order valence-electron chi connectivity index (χ2n) is 18.5. The number of hydrogen-bond donors (Lipinski definition) is 1. The van der Waals surface area contributed by atoms with Crippen LogP contribution in [0.25, 0.3) is 11.1 Å². The van der Waals surface area contributed by atoms with Crippen LogP contribution >= 0.6 is 0 Å². The van der Waals surface area contributed by atoms with E-state index < -0.39 is 24.3 Å². The number of esters is 2. The number of halogens is 1. The lowest BCUT2D eigenvalue weighted by Gasteiger charge is -2.37. The third-order valence-corrected chi connectivity index (χ3v) is 14.0. The minimum Gasteiger partial charge on any atom is -0.465 e. The van der Waals surface area contributed by atoms with Gasteiger partial charge in [0.15, 0.2) is 0 Å². The first-order valence-corrected chi connectivity index (χ1v) is 23.2. The van der Waals surface area contributed by atoms with Gasteiger partial charge in [0.05, 0.1) is 42.7 Å². The van der Waals surface area contributed by atoms with Crippen molar-refractivity contribution in [2.45, 2.75) is 130 Å². The van der Waals surface area contributed by atoms with Gasteiger partial charge in [0.2, 0.25) is 0 Å². The summed E-state index contributed by atoms with van der Waals surface area (Å²) in [5.74, 6) is -0.990. The Hall–Kier alpha value is -4.05. The molecule has 0 unspecified atom stereocenters. The molecule has 0 spiro atoms. The fourth-order valence-corrected chi connectivity index (χ4v) is 9.36. The Balaban J connectivity index is 0.000000216. The minimum absolute atomic E-state index is 0.248. The number of aliphatic hydroxyl groups excluding tert-OH is 1. The molecule has 0 aliphatic carbocycles. The standard InChI is InChI=1S/C28H37FN2O4.C22H34BNO5/c1-4-31(23-9-13-35-14-10-23)27-17-22(15-25(19(27)2)28(33)34-3)20-5-6-21(26(29)16-20)18-30-11-7-24(32)8-12-30;1-8-24(17-9-11-27-12-10-17)19-14-16(13-18(15(19)2)20(25)26-7)23-28-21(3,4)22(5,6)29-23/h5-6,15-17,23-24,32H,4,7-14,18H2,1-3H3;13-14,17H,8-12H2,1-7H3. The summed E-state index contributed by atoms with van der Waals surface area (Å²) in [5.41, 5.74) is 6.99. The third-order valence-electron chi connectivity index (χ3n) is 14.0. The molecule has 4 fully saturated rings. The normalized spacial score (nSPS) is 19.5. The van der Waals surface area contributed by atoms with Crippen LogP contribution in [0.15, 0.2) is 42.5 Å². The molecule has 64 heavy (non-hydrogen) atoms. The molecule has 0 saturated carbocycles. The maximum atomic E-state index is 15.2. The van der Waals surface area contributed by atoms with Gasteiger partial charge in [-0.15, -0.1) is 0 Å². The van der Waals surface area contributed by atoms with E-state index in [1.54, 1.807) is 6.07 Å². The van der Waals surface area contributed by atoms with Crippen molar-refractivity contribution in [2.24, 2.45) is 0 Å². The maximum Gasteiger partial charge on any atom is 0.494 e. The number of carbonyl (C=O) groups is 2. The molecule has 4 aliphatic heterocycles. The van der Waals surface area contributed by atoms with Gasteiger partial charge < -0.3 is 43.2 Å². The van der Waals surface area contributed by atoms with Crippen molar-refractivity contribution in [3.63, 3.8) is 0 Å². The van der Waals surface area contributed by atoms with Gasteiger partial charge >= 0.3 is 19.1 Å². The number of aliphatic hydroxyl groups is 1. The number of nitrogens with zero attached hydrogens (tertiary/aromatic N) is 3. The number of hydrogen-bond acceptors (Lipinski definition) is 12. The smallest absolute Gasteiger partial charge is 0.465 e. The van der Waals surface area contributed by atoms with Crippen LogP contribution < -0.4 is 15.3 Å². The van der Waals surface area contributed by atoms with Crippen molar-refractivity contribution in [3.8, 4) is 11.1 Å². The summed E-state index contributed by atoms with van der Waals surface area (Å²) in [6, 6.07) is 13.9. The molecule has 0 aromatic heterocycles. The van der Waals surface area contributed by atoms with Crippen LogP contribution in [-0.4, -0.2) is 125 Å². The van der Waals surface area contributed by atoms with Crippen molar-refractivity contribution in [3.05, 3.63) is 76.1 Å². The third kappa shape index (κ3) is 11.1. The molecule has 3 aromatic rings. The first kappa shape index (κ1) is 49.4. The molecule has 4 saturated heterocycles. The van der Waals surface area contributed by atoms with E-state index in [4.69, 9.17) is 28.3 Å². The highest BCUT2D eigenvalue weighted by molar-refractivity contribution is 6.62. The predicted octanol–water partition coefficient (Wildman–Crippen LogP) is 7.64. The average molecular weight is 888 g/mol. The summed E-state index contributed by atoms with van der Waals surface area (Å²) in [4.78, 5) is 32.1. The van der Waals surface area contributed by atoms with Crippen LogP contribution in [0.3, 0.4) is 0 Å². The Labute approximate surface area is 380 Å². The first-order valence-electron chi connectivity index (χ1n) is 23.2. The second kappa shape index (κ2) is 21.5. The number of methoxy groups -OCH3 is 2. The maximum absolute atomic E-state index is 15.2. The van der Waals surface area contributed by atoms with Gasteiger partial charge in [-0.05, 0) is 152 Å². The molecule has 0 bridgehead atoms. The van der Waals surface area contributed by atoms with E-state index in [0.29, 0.717) is 35.3 Å². The largest absolute Gasteiger partial charge is 0.494 e. The van der Waals surface area contributed by atoms with Gasteiger partial charge in [-0.25, -0.2) is 14.0 Å². The summed E-state index contributed by atoms with van der Waals surface area (Å²) < 4.78 is 49.0. The van der Waals surface area contributed by atoms with E-state index >= 15 is 4.39 Å². The quantitative estimate of drug-likeness (QED) is 0.142. The topological polar surface area (TPSA) is 119 Å². The molecule has 0 atom stereocenters. The van der Waals surface area contributed by atoms with Crippen molar-refractivity contribution >= 4 is 35.9 Å². The molecular weight excluding hydrogens is 816 g/mol. The molecule has 3 aromatic carbocycles. The number of ether oxygens (including phenoxy) is 4. The van der Waals surface area contributed by atoms with Crippen LogP contribution in [0.2, 0.25) is 0 Å². The fraction of sp³-hybridized carbons (Fsp3) is 0.600. The van der Waals surface area contributed by atoms with Crippen molar-refractivity contribution in [1.29, 1.82) is 0 Å². The lowest BCUT2D eigenvalue weighted by atomic mass is 9.77. The summed E-state index contributed by atoms with van der Waals surface area (Å²) in [6.07, 6.45) is 5.02. The number of carbonyl (C=O) groups excluding carboxylic acids is 2. The molecule has 4 aliphatic rings. The molecule has 7 rings (SSSR count). The highest BCUT2D eigenvalue weighted by Crippen LogP contribution is 2.38. The van der Waals surface area contributed by atoms with Gasteiger partial charge in [0.1, 0.15) is 5.82 Å². The Morgan fingerprint density at radius 1 is 0.734 bits per heavy atom. The van der Waals surface area contributed by atoms with Crippen LogP contribution in [0.4, 0.5) is 15.8 Å². The minimum atomic E-state index is -0.531. The number of piperidine rings is 1. The van der Waals surface area contributed by atoms with Crippen LogP contribution in [-0.2, 0) is 34.8 Å². The van der Waals surface area contributed by atoms with E-state index in [1.807, 2.05) is 65.8 Å². The van der Waals surface area contributed by atoms with E-state index in [2.05, 4.69) is 40.7 Å².